The lowest BCUT2D eigenvalue weighted by molar-refractivity contribution is -0.166. The van der Waals surface area contributed by atoms with E-state index in [4.69, 9.17) is 0 Å². The van der Waals surface area contributed by atoms with Crippen molar-refractivity contribution in [2.75, 3.05) is 25.5 Å². The summed E-state index contributed by atoms with van der Waals surface area (Å²) in [7, 11) is 1.25. The number of rotatable bonds is 2. The highest BCUT2D eigenvalue weighted by Gasteiger charge is 2.41. The molecule has 0 aromatic heterocycles. The van der Waals surface area contributed by atoms with Crippen molar-refractivity contribution in [3.8, 4) is 0 Å². The highest BCUT2D eigenvalue weighted by molar-refractivity contribution is 5.90. The minimum absolute atomic E-state index is 0.180. The Labute approximate surface area is 130 Å². The summed E-state index contributed by atoms with van der Waals surface area (Å²) < 4.78 is 4.60. The molecule has 2 amide bonds. The smallest absolute Gasteiger partial charge is 0.337 e. The second-order valence-corrected chi connectivity index (χ2v) is 5.69. The molecule has 0 aliphatic carbocycles. The summed E-state index contributed by atoms with van der Waals surface area (Å²) in [6.07, 6.45) is 0.361. The van der Waals surface area contributed by atoms with Crippen LogP contribution in [0.3, 0.4) is 0 Å². The van der Waals surface area contributed by atoms with E-state index in [0.717, 1.165) is 16.8 Å². The highest BCUT2D eigenvalue weighted by Crippen LogP contribution is 2.25. The number of hydrogen-bond acceptors (Lipinski definition) is 4. The third-order valence-electron chi connectivity index (χ3n) is 4.29. The molecule has 0 unspecified atom stereocenters. The number of esters is 1. The number of nitrogens with zero attached hydrogens (tertiary/aromatic N) is 1. The molecule has 1 aromatic carbocycles. The van der Waals surface area contributed by atoms with E-state index < -0.39 is 11.6 Å². The van der Waals surface area contributed by atoms with Gasteiger partial charge in [0.1, 0.15) is 0 Å². The summed E-state index contributed by atoms with van der Waals surface area (Å²) in [5, 5.41) is 13.1. The van der Waals surface area contributed by atoms with E-state index >= 15 is 0 Å². The van der Waals surface area contributed by atoms with E-state index in [9.17, 15) is 14.7 Å². The molecular weight excluding hydrogens is 284 g/mol. The van der Waals surface area contributed by atoms with Gasteiger partial charge in [0.2, 0.25) is 0 Å². The number of amides is 2. The van der Waals surface area contributed by atoms with Crippen LogP contribution in [0.4, 0.5) is 10.5 Å². The minimum atomic E-state index is -1.48. The summed E-state index contributed by atoms with van der Waals surface area (Å²) in [6.45, 7) is 4.56. The van der Waals surface area contributed by atoms with Crippen LogP contribution in [-0.4, -0.2) is 47.8 Å². The Balaban J connectivity index is 1.98. The van der Waals surface area contributed by atoms with Crippen molar-refractivity contribution in [1.82, 2.24) is 4.90 Å². The fourth-order valence-electron chi connectivity index (χ4n) is 2.55. The van der Waals surface area contributed by atoms with Crippen molar-refractivity contribution in [3.63, 3.8) is 0 Å². The second kappa shape index (κ2) is 6.36. The van der Waals surface area contributed by atoms with Gasteiger partial charge in [0.05, 0.1) is 7.11 Å². The normalized spacial score (nSPS) is 17.0. The van der Waals surface area contributed by atoms with Crippen molar-refractivity contribution in [3.05, 3.63) is 29.3 Å². The van der Waals surface area contributed by atoms with Gasteiger partial charge >= 0.3 is 12.0 Å². The monoisotopic (exact) mass is 306 g/mol. The number of aliphatic hydroxyl groups is 1. The highest BCUT2D eigenvalue weighted by atomic mass is 16.5. The molecule has 1 heterocycles. The molecule has 2 rings (SSSR count). The van der Waals surface area contributed by atoms with Crippen LogP contribution in [0.1, 0.15) is 24.0 Å². The van der Waals surface area contributed by atoms with Crippen LogP contribution in [0.25, 0.3) is 0 Å². The lowest BCUT2D eigenvalue weighted by Crippen LogP contribution is -2.52. The SMILES string of the molecule is COC(=O)C1(O)CCN(C(=O)Nc2cccc(C)c2C)CC1. The number of carbonyl (C=O) groups excluding carboxylic acids is 2. The fourth-order valence-corrected chi connectivity index (χ4v) is 2.55. The zero-order valence-electron chi connectivity index (χ0n) is 13.2. The number of aryl methyl sites for hydroxylation is 1. The zero-order valence-corrected chi connectivity index (χ0v) is 13.2. The third-order valence-corrected chi connectivity index (χ3v) is 4.29. The summed E-state index contributed by atoms with van der Waals surface area (Å²) in [4.78, 5) is 25.4. The molecule has 1 aromatic rings. The summed E-state index contributed by atoms with van der Waals surface area (Å²) >= 11 is 0. The van der Waals surface area contributed by atoms with Gasteiger partial charge in [-0.05, 0) is 31.0 Å². The lowest BCUT2D eigenvalue weighted by atomic mass is 9.92. The second-order valence-electron chi connectivity index (χ2n) is 5.69. The molecule has 0 bridgehead atoms. The van der Waals surface area contributed by atoms with Crippen molar-refractivity contribution in [1.29, 1.82) is 0 Å². The number of likely N-dealkylation sites (tertiary alicyclic amines) is 1. The number of methoxy groups -OCH3 is 1. The standard InChI is InChI=1S/C16H22N2O4/c1-11-5-4-6-13(12(11)2)17-15(20)18-9-7-16(21,8-10-18)14(19)22-3/h4-6,21H,7-10H2,1-3H3,(H,17,20). The Kier molecular flexibility index (Phi) is 4.71. The van der Waals surface area contributed by atoms with Gasteiger partial charge in [0.15, 0.2) is 5.60 Å². The molecule has 1 aliphatic rings. The van der Waals surface area contributed by atoms with Crippen molar-refractivity contribution >= 4 is 17.7 Å². The number of carbonyl (C=O) groups is 2. The number of hydrogen-bond donors (Lipinski definition) is 2. The number of anilines is 1. The quantitative estimate of drug-likeness (QED) is 0.817. The molecule has 2 N–H and O–H groups in total. The Morgan fingerprint density at radius 3 is 2.50 bits per heavy atom. The summed E-state index contributed by atoms with van der Waals surface area (Å²) in [6, 6.07) is 5.52. The van der Waals surface area contributed by atoms with Gasteiger partial charge in [0, 0.05) is 31.6 Å². The van der Waals surface area contributed by atoms with Gasteiger partial charge in [-0.15, -0.1) is 0 Å². The molecule has 22 heavy (non-hydrogen) atoms. The van der Waals surface area contributed by atoms with E-state index in [1.54, 1.807) is 4.90 Å². The van der Waals surface area contributed by atoms with Crippen LogP contribution in [0, 0.1) is 13.8 Å². The number of urea groups is 1. The summed E-state index contributed by atoms with van der Waals surface area (Å²) in [5.74, 6) is -0.637. The molecule has 1 saturated heterocycles. The average molecular weight is 306 g/mol. The number of benzene rings is 1. The van der Waals surface area contributed by atoms with Crippen molar-refractivity contribution in [2.45, 2.75) is 32.3 Å². The van der Waals surface area contributed by atoms with Gasteiger partial charge in [-0.3, -0.25) is 0 Å². The van der Waals surface area contributed by atoms with Crippen LogP contribution < -0.4 is 5.32 Å². The molecule has 0 spiro atoms. The van der Waals surface area contributed by atoms with E-state index in [1.165, 1.54) is 7.11 Å². The van der Waals surface area contributed by atoms with Crippen LogP contribution in [0.2, 0.25) is 0 Å². The van der Waals surface area contributed by atoms with E-state index in [0.29, 0.717) is 13.1 Å². The number of piperidine rings is 1. The first-order valence-electron chi connectivity index (χ1n) is 7.30. The molecule has 0 radical (unpaired) electrons. The Hall–Kier alpha value is -2.08. The first kappa shape index (κ1) is 16.3. The molecule has 0 saturated carbocycles. The zero-order chi connectivity index (χ0) is 16.3. The minimum Gasteiger partial charge on any atom is -0.467 e. The molecule has 6 nitrogen and oxygen atoms in total. The average Bonchev–Trinajstić information content (AvgIpc) is 2.51. The maximum Gasteiger partial charge on any atom is 0.337 e. The topological polar surface area (TPSA) is 78.9 Å². The van der Waals surface area contributed by atoms with Crippen LogP contribution in [0.5, 0.6) is 0 Å². The molecule has 0 atom stereocenters. The Morgan fingerprint density at radius 1 is 1.27 bits per heavy atom. The predicted molar refractivity (Wildman–Crippen MR) is 82.7 cm³/mol. The van der Waals surface area contributed by atoms with Gasteiger partial charge in [-0.1, -0.05) is 12.1 Å². The fraction of sp³-hybridized carbons (Fsp3) is 0.500. The van der Waals surface area contributed by atoms with Gasteiger partial charge in [0.25, 0.3) is 0 Å². The van der Waals surface area contributed by atoms with Gasteiger partial charge < -0.3 is 20.1 Å². The van der Waals surface area contributed by atoms with Crippen LogP contribution in [0.15, 0.2) is 18.2 Å². The lowest BCUT2D eigenvalue weighted by Gasteiger charge is -2.36. The Bertz CT molecular complexity index is 578. The van der Waals surface area contributed by atoms with Gasteiger partial charge in [-0.2, -0.15) is 0 Å². The number of ether oxygens (including phenoxy) is 1. The maximum absolute atomic E-state index is 12.3. The summed E-state index contributed by atoms with van der Waals surface area (Å²) in [5.41, 5.74) is 1.43. The van der Waals surface area contributed by atoms with Crippen LogP contribution >= 0.6 is 0 Å². The third kappa shape index (κ3) is 3.22. The van der Waals surface area contributed by atoms with E-state index in [-0.39, 0.29) is 18.9 Å². The largest absolute Gasteiger partial charge is 0.467 e. The molecule has 1 aliphatic heterocycles. The van der Waals surface area contributed by atoms with Crippen LogP contribution in [-0.2, 0) is 9.53 Å². The Morgan fingerprint density at radius 2 is 1.91 bits per heavy atom. The van der Waals surface area contributed by atoms with Gasteiger partial charge in [-0.25, -0.2) is 9.59 Å². The first-order valence-corrected chi connectivity index (χ1v) is 7.30. The molecule has 120 valence electrons. The van der Waals surface area contributed by atoms with E-state index in [1.807, 2.05) is 32.0 Å². The number of nitrogens with one attached hydrogen (secondary N) is 1. The molecule has 6 heteroatoms. The van der Waals surface area contributed by atoms with Crippen molar-refractivity contribution in [2.24, 2.45) is 0 Å². The maximum atomic E-state index is 12.3. The molecular formula is C16H22N2O4. The predicted octanol–water partition coefficient (Wildman–Crippen LogP) is 1.84. The van der Waals surface area contributed by atoms with Crippen molar-refractivity contribution < 1.29 is 19.4 Å². The molecule has 1 fully saturated rings. The first-order chi connectivity index (χ1) is 10.4. The van der Waals surface area contributed by atoms with E-state index in [2.05, 4.69) is 10.1 Å².